The Morgan fingerprint density at radius 1 is 1.28 bits per heavy atom. The minimum atomic E-state index is -4.91. The van der Waals surface area contributed by atoms with Crippen LogP contribution in [0.1, 0.15) is 50.3 Å². The maximum Gasteiger partial charge on any atom is 0.417 e. The normalized spacial score (nSPS) is 19.2. The van der Waals surface area contributed by atoms with Gasteiger partial charge in [0.05, 0.1) is 10.5 Å². The highest BCUT2D eigenvalue weighted by atomic mass is 32.2. The van der Waals surface area contributed by atoms with Crippen molar-refractivity contribution in [2.75, 3.05) is 5.32 Å². The molecule has 0 unspecified atom stereocenters. The third-order valence-electron chi connectivity index (χ3n) is 4.97. The van der Waals surface area contributed by atoms with Crippen LogP contribution in [0.5, 0.6) is 0 Å². The van der Waals surface area contributed by atoms with Gasteiger partial charge in [0.1, 0.15) is 6.10 Å². The monoisotopic (exact) mass is 475 g/mol. The second kappa shape index (κ2) is 8.98. The van der Waals surface area contributed by atoms with Gasteiger partial charge in [-0.05, 0) is 51.3 Å². The minimum absolute atomic E-state index is 0.000707. The number of nitrogens with two attached hydrogens (primary N) is 1. The number of hydrogen-bond acceptors (Lipinski definition) is 6. The van der Waals surface area contributed by atoms with Gasteiger partial charge in [0.15, 0.2) is 5.82 Å². The van der Waals surface area contributed by atoms with Crippen LogP contribution in [0, 0.1) is 0 Å². The van der Waals surface area contributed by atoms with Crippen molar-refractivity contribution < 1.29 is 31.1 Å². The average molecular weight is 475 g/mol. The SMILES string of the molecule is CC(C)NC(=O)O[C@@H]1CC[C@H](c2cc(Nc3ccc(S(N)(=O)=O)c(C(F)(F)F)c3)n[nH]2)C1. The Morgan fingerprint density at radius 3 is 2.62 bits per heavy atom. The molecule has 1 heterocycles. The van der Waals surface area contributed by atoms with E-state index in [-0.39, 0.29) is 29.6 Å². The highest BCUT2D eigenvalue weighted by Gasteiger charge is 2.37. The number of carbonyl (C=O) groups is 1. The lowest BCUT2D eigenvalue weighted by Crippen LogP contribution is -2.33. The summed E-state index contributed by atoms with van der Waals surface area (Å²) in [4.78, 5) is 10.8. The van der Waals surface area contributed by atoms with Gasteiger partial charge < -0.3 is 15.4 Å². The molecular formula is C19H24F3N5O4S. The van der Waals surface area contributed by atoms with Crippen molar-refractivity contribution in [3.05, 3.63) is 35.5 Å². The number of rotatable bonds is 6. The number of carbonyl (C=O) groups excluding carboxylic acids is 1. The highest BCUT2D eigenvalue weighted by molar-refractivity contribution is 7.89. The van der Waals surface area contributed by atoms with E-state index < -0.39 is 32.8 Å². The van der Waals surface area contributed by atoms with Gasteiger partial charge in [-0.25, -0.2) is 18.4 Å². The molecule has 0 aliphatic heterocycles. The first-order chi connectivity index (χ1) is 14.8. The Balaban J connectivity index is 1.69. The number of hydrogen-bond donors (Lipinski definition) is 4. The van der Waals surface area contributed by atoms with Crippen LogP contribution in [0.3, 0.4) is 0 Å². The number of ether oxygens (including phenoxy) is 1. The molecule has 1 fully saturated rings. The first kappa shape index (κ1) is 23.9. The summed E-state index contributed by atoms with van der Waals surface area (Å²) in [7, 11) is -4.54. The van der Waals surface area contributed by atoms with Crippen LogP contribution >= 0.6 is 0 Å². The van der Waals surface area contributed by atoms with Crippen molar-refractivity contribution in [3.8, 4) is 0 Å². The van der Waals surface area contributed by atoms with Crippen LogP contribution in [-0.2, 0) is 20.9 Å². The zero-order valence-corrected chi connectivity index (χ0v) is 18.2. The molecule has 1 aromatic carbocycles. The molecule has 9 nitrogen and oxygen atoms in total. The number of aromatic amines is 1. The minimum Gasteiger partial charge on any atom is -0.446 e. The first-order valence-electron chi connectivity index (χ1n) is 9.86. The Morgan fingerprint density at radius 2 is 2.00 bits per heavy atom. The van der Waals surface area contributed by atoms with E-state index >= 15 is 0 Å². The lowest BCUT2D eigenvalue weighted by molar-refractivity contribution is -0.139. The average Bonchev–Trinajstić information content (AvgIpc) is 3.28. The quantitative estimate of drug-likeness (QED) is 0.504. The molecular weight excluding hydrogens is 451 g/mol. The molecule has 2 aromatic rings. The van der Waals surface area contributed by atoms with E-state index in [1.807, 2.05) is 13.8 Å². The zero-order valence-electron chi connectivity index (χ0n) is 17.4. The molecule has 1 saturated carbocycles. The van der Waals surface area contributed by atoms with E-state index in [1.54, 1.807) is 6.07 Å². The summed E-state index contributed by atoms with van der Waals surface area (Å²) in [6, 6.07) is 4.27. The van der Waals surface area contributed by atoms with Crippen molar-refractivity contribution in [2.24, 2.45) is 5.14 Å². The van der Waals surface area contributed by atoms with Crippen LogP contribution in [-0.4, -0.2) is 36.9 Å². The van der Waals surface area contributed by atoms with Crippen LogP contribution in [0.4, 0.5) is 29.5 Å². The van der Waals surface area contributed by atoms with Crippen molar-refractivity contribution in [3.63, 3.8) is 0 Å². The molecule has 3 rings (SSSR count). The number of primary sulfonamides is 1. The van der Waals surface area contributed by atoms with E-state index in [0.29, 0.717) is 18.9 Å². The Bertz CT molecular complexity index is 1080. The van der Waals surface area contributed by atoms with Gasteiger partial charge in [-0.1, -0.05) is 0 Å². The lowest BCUT2D eigenvalue weighted by atomic mass is 10.0. The van der Waals surface area contributed by atoms with Gasteiger partial charge >= 0.3 is 12.3 Å². The van der Waals surface area contributed by atoms with Crippen LogP contribution in [0.2, 0.25) is 0 Å². The van der Waals surface area contributed by atoms with Crippen molar-refractivity contribution in [1.82, 2.24) is 15.5 Å². The molecule has 0 spiro atoms. The second-order valence-corrected chi connectivity index (χ2v) is 9.45. The fourth-order valence-corrected chi connectivity index (χ4v) is 4.32. The Labute approximate surface area is 183 Å². The van der Waals surface area contributed by atoms with Gasteiger partial charge in [-0.3, -0.25) is 5.10 Å². The number of nitrogens with zero attached hydrogens (tertiary/aromatic N) is 1. The number of nitrogens with one attached hydrogen (secondary N) is 3. The molecule has 1 aliphatic carbocycles. The number of amides is 1. The van der Waals surface area contributed by atoms with E-state index in [9.17, 15) is 26.4 Å². The number of alkyl halides is 3. The fraction of sp³-hybridized carbons (Fsp3) is 0.474. The largest absolute Gasteiger partial charge is 0.446 e. The summed E-state index contributed by atoms with van der Waals surface area (Å²) in [5, 5.41) is 17.2. The smallest absolute Gasteiger partial charge is 0.417 e. The summed E-state index contributed by atoms with van der Waals surface area (Å²) in [5.74, 6) is 0.309. The molecule has 0 radical (unpaired) electrons. The summed E-state index contributed by atoms with van der Waals surface area (Å²) in [6.07, 6.45) is -3.59. The zero-order chi connectivity index (χ0) is 23.7. The number of sulfonamides is 1. The predicted molar refractivity (Wildman–Crippen MR) is 110 cm³/mol. The van der Waals surface area contributed by atoms with Crippen molar-refractivity contribution >= 4 is 27.6 Å². The molecule has 0 saturated heterocycles. The number of benzene rings is 1. The number of anilines is 2. The molecule has 1 aliphatic rings. The first-order valence-corrected chi connectivity index (χ1v) is 11.4. The van der Waals surface area contributed by atoms with Gasteiger partial charge in [0.25, 0.3) is 0 Å². The highest BCUT2D eigenvalue weighted by Crippen LogP contribution is 2.38. The molecule has 1 amide bonds. The van der Waals surface area contributed by atoms with Gasteiger partial charge in [0, 0.05) is 29.4 Å². The van der Waals surface area contributed by atoms with Crippen molar-refractivity contribution in [2.45, 2.75) is 62.2 Å². The number of alkyl carbamates (subject to hydrolysis) is 1. The third-order valence-corrected chi connectivity index (χ3v) is 5.94. The van der Waals surface area contributed by atoms with Crippen molar-refractivity contribution in [1.29, 1.82) is 0 Å². The van der Waals surface area contributed by atoms with E-state index in [2.05, 4.69) is 20.8 Å². The molecule has 176 valence electrons. The van der Waals surface area contributed by atoms with E-state index in [4.69, 9.17) is 9.88 Å². The molecule has 5 N–H and O–H groups in total. The maximum atomic E-state index is 13.3. The maximum absolute atomic E-state index is 13.3. The third kappa shape index (κ3) is 5.91. The van der Waals surface area contributed by atoms with Crippen LogP contribution < -0.4 is 15.8 Å². The van der Waals surface area contributed by atoms with E-state index in [0.717, 1.165) is 18.2 Å². The number of aromatic nitrogens is 2. The molecule has 1 aromatic heterocycles. The van der Waals surface area contributed by atoms with Crippen LogP contribution in [0.25, 0.3) is 0 Å². The number of H-pyrrole nitrogens is 1. The van der Waals surface area contributed by atoms with Gasteiger partial charge in [-0.2, -0.15) is 18.3 Å². The molecule has 32 heavy (non-hydrogen) atoms. The Hall–Kier alpha value is -2.80. The summed E-state index contributed by atoms with van der Waals surface area (Å²) >= 11 is 0. The fourth-order valence-electron chi connectivity index (χ4n) is 3.59. The van der Waals surface area contributed by atoms with Gasteiger partial charge in [-0.15, -0.1) is 0 Å². The molecule has 2 atom stereocenters. The summed E-state index contributed by atoms with van der Waals surface area (Å²) in [5.41, 5.74) is -0.614. The van der Waals surface area contributed by atoms with E-state index in [1.165, 1.54) is 6.07 Å². The van der Waals surface area contributed by atoms with Gasteiger partial charge in [0.2, 0.25) is 10.0 Å². The molecule has 13 heteroatoms. The molecule has 0 bridgehead atoms. The number of halogens is 3. The summed E-state index contributed by atoms with van der Waals surface area (Å²) in [6.45, 7) is 3.66. The van der Waals surface area contributed by atoms with Crippen LogP contribution in [0.15, 0.2) is 29.2 Å². The summed E-state index contributed by atoms with van der Waals surface area (Å²) < 4.78 is 68.2. The second-order valence-electron chi connectivity index (χ2n) is 7.92. The standard InChI is InChI=1S/C19H24F3N5O4S/c1-10(2)24-18(28)31-13-5-3-11(7-13)15-9-17(27-26-15)25-12-4-6-16(32(23,29)30)14(8-12)19(20,21)22/h4,6,8-11,13H,3,5,7H2,1-2H3,(H,24,28)(H2,23,29,30)(H2,25,26,27)/t11-,13+/m0/s1. The lowest BCUT2D eigenvalue weighted by Gasteiger charge is -2.14. The topological polar surface area (TPSA) is 139 Å². The Kier molecular flexibility index (Phi) is 6.69. The predicted octanol–water partition coefficient (Wildman–Crippen LogP) is 3.59.